The topological polar surface area (TPSA) is 69.2 Å². The average Bonchev–Trinajstić information content (AvgIpc) is 2.03. The highest BCUT2D eigenvalue weighted by atomic mass is 16.6. The van der Waals surface area contributed by atoms with Crippen LogP contribution in [0.2, 0.25) is 6.82 Å². The number of nitrogens with two attached hydrogens (primary N) is 1. The third-order valence-corrected chi connectivity index (χ3v) is 1.68. The molecule has 0 unspecified atom stereocenters. The molecular formula is C7H9BN2O2. The van der Waals surface area contributed by atoms with Crippen molar-refractivity contribution >= 4 is 24.1 Å². The third-order valence-electron chi connectivity index (χ3n) is 1.68. The van der Waals surface area contributed by atoms with Crippen LogP contribution in [-0.2, 0) is 0 Å². The van der Waals surface area contributed by atoms with E-state index in [0.717, 1.165) is 0 Å². The Balaban J connectivity index is 3.20. The van der Waals surface area contributed by atoms with Crippen LogP contribution in [0.3, 0.4) is 0 Å². The molecule has 2 N–H and O–H groups in total. The van der Waals surface area contributed by atoms with Crippen LogP contribution < -0.4 is 11.2 Å². The summed E-state index contributed by atoms with van der Waals surface area (Å²) in [6.07, 6.45) is 0. The molecule has 0 atom stereocenters. The highest BCUT2D eigenvalue weighted by molar-refractivity contribution is 6.53. The Hall–Kier alpha value is -1.52. The normalized spacial score (nSPS) is 9.42. The molecule has 5 heteroatoms. The van der Waals surface area contributed by atoms with Gasteiger partial charge in [0.1, 0.15) is 0 Å². The Labute approximate surface area is 70.8 Å². The standard InChI is InChI=1S/C7H9BN2O2/c1-8-6-4-5(9)2-3-7(6)10(11)12/h2-4,8H,9H2,1H3. The minimum atomic E-state index is -0.391. The van der Waals surface area contributed by atoms with Crippen molar-refractivity contribution in [1.82, 2.24) is 0 Å². The molecule has 1 rings (SSSR count). The van der Waals surface area contributed by atoms with Gasteiger partial charge in [-0.3, -0.25) is 10.1 Å². The minimum Gasteiger partial charge on any atom is -0.399 e. The van der Waals surface area contributed by atoms with Gasteiger partial charge in [-0.25, -0.2) is 0 Å². The maximum Gasteiger partial charge on any atom is 0.263 e. The molecule has 1 aromatic carbocycles. The van der Waals surface area contributed by atoms with Gasteiger partial charge < -0.3 is 5.73 Å². The number of nitrogens with zero attached hydrogens (tertiary/aromatic N) is 1. The van der Waals surface area contributed by atoms with Gasteiger partial charge in [0.15, 0.2) is 7.28 Å². The van der Waals surface area contributed by atoms with Gasteiger partial charge >= 0.3 is 0 Å². The SMILES string of the molecule is CBc1cc(N)ccc1[N+](=O)[O-]. The fourth-order valence-corrected chi connectivity index (χ4v) is 1.07. The molecule has 0 radical (unpaired) electrons. The molecule has 0 spiro atoms. The van der Waals surface area contributed by atoms with E-state index in [0.29, 0.717) is 18.4 Å². The number of anilines is 1. The van der Waals surface area contributed by atoms with Crippen LogP contribution in [0.1, 0.15) is 0 Å². The molecular weight excluding hydrogens is 155 g/mol. The van der Waals surface area contributed by atoms with Crippen molar-refractivity contribution in [3.8, 4) is 0 Å². The molecule has 12 heavy (non-hydrogen) atoms. The summed E-state index contributed by atoms with van der Waals surface area (Å²) in [5.74, 6) is 0. The van der Waals surface area contributed by atoms with Gasteiger partial charge in [-0.2, -0.15) is 0 Å². The van der Waals surface area contributed by atoms with Crippen LogP contribution in [0.15, 0.2) is 18.2 Å². The van der Waals surface area contributed by atoms with Gasteiger partial charge in [-0.05, 0) is 17.6 Å². The van der Waals surface area contributed by atoms with E-state index in [1.54, 1.807) is 6.07 Å². The van der Waals surface area contributed by atoms with E-state index in [1.165, 1.54) is 12.1 Å². The molecule has 0 saturated heterocycles. The molecule has 0 aliphatic heterocycles. The first-order valence-electron chi connectivity index (χ1n) is 3.68. The van der Waals surface area contributed by atoms with Gasteiger partial charge in [0.05, 0.1) is 4.92 Å². The van der Waals surface area contributed by atoms with Crippen LogP contribution in [-0.4, -0.2) is 12.2 Å². The Bertz CT molecular complexity index is 314. The van der Waals surface area contributed by atoms with Crippen molar-refractivity contribution in [2.45, 2.75) is 6.82 Å². The second kappa shape index (κ2) is 3.25. The van der Waals surface area contributed by atoms with E-state index >= 15 is 0 Å². The molecule has 4 nitrogen and oxygen atoms in total. The summed E-state index contributed by atoms with van der Waals surface area (Å²) in [5, 5.41) is 10.5. The molecule has 0 fully saturated rings. The predicted octanol–water partition coefficient (Wildman–Crippen LogP) is 0.287. The van der Waals surface area contributed by atoms with Gasteiger partial charge in [-0.15, -0.1) is 0 Å². The van der Waals surface area contributed by atoms with Crippen molar-refractivity contribution in [3.05, 3.63) is 28.3 Å². The van der Waals surface area contributed by atoms with Crippen LogP contribution in [0.5, 0.6) is 0 Å². The molecule has 0 aliphatic carbocycles. The van der Waals surface area contributed by atoms with Gasteiger partial charge in [0.2, 0.25) is 0 Å². The van der Waals surface area contributed by atoms with Crippen molar-refractivity contribution in [3.63, 3.8) is 0 Å². The number of nitro benzene ring substituents is 1. The third kappa shape index (κ3) is 1.55. The second-order valence-electron chi connectivity index (χ2n) is 2.50. The lowest BCUT2D eigenvalue weighted by molar-refractivity contribution is -0.383. The number of nitrogen functional groups attached to an aromatic ring is 1. The number of hydrogen-bond acceptors (Lipinski definition) is 3. The second-order valence-corrected chi connectivity index (χ2v) is 2.50. The van der Waals surface area contributed by atoms with Crippen molar-refractivity contribution in [2.24, 2.45) is 0 Å². The van der Waals surface area contributed by atoms with E-state index in [1.807, 2.05) is 6.82 Å². The van der Waals surface area contributed by atoms with E-state index in [4.69, 9.17) is 5.73 Å². The molecule has 62 valence electrons. The van der Waals surface area contributed by atoms with E-state index in [-0.39, 0.29) is 5.69 Å². The summed E-state index contributed by atoms with van der Waals surface area (Å²) in [6, 6.07) is 4.61. The average molecular weight is 164 g/mol. The molecule has 0 aromatic heterocycles. The summed E-state index contributed by atoms with van der Waals surface area (Å²) in [6.45, 7) is 1.86. The first kappa shape index (κ1) is 8.58. The van der Waals surface area contributed by atoms with Crippen LogP contribution >= 0.6 is 0 Å². The zero-order valence-corrected chi connectivity index (χ0v) is 6.78. The fourth-order valence-electron chi connectivity index (χ4n) is 1.07. The summed E-state index contributed by atoms with van der Waals surface area (Å²) >= 11 is 0. The quantitative estimate of drug-likeness (QED) is 0.295. The Morgan fingerprint density at radius 1 is 1.58 bits per heavy atom. The summed E-state index contributed by atoms with van der Waals surface area (Å²) in [7, 11) is 0.626. The molecule has 1 aromatic rings. The Kier molecular flexibility index (Phi) is 2.33. The zero-order chi connectivity index (χ0) is 9.14. The van der Waals surface area contributed by atoms with Crippen LogP contribution in [0.25, 0.3) is 0 Å². The van der Waals surface area contributed by atoms with E-state index < -0.39 is 4.92 Å². The van der Waals surface area contributed by atoms with Gasteiger partial charge in [0.25, 0.3) is 5.69 Å². The largest absolute Gasteiger partial charge is 0.399 e. The van der Waals surface area contributed by atoms with Crippen molar-refractivity contribution < 1.29 is 4.92 Å². The van der Waals surface area contributed by atoms with Gasteiger partial charge in [-0.1, -0.05) is 6.82 Å². The van der Waals surface area contributed by atoms with E-state index in [2.05, 4.69) is 0 Å². The molecule has 0 heterocycles. The minimum absolute atomic E-state index is 0.145. The number of benzene rings is 1. The maximum absolute atomic E-state index is 10.5. The van der Waals surface area contributed by atoms with Crippen molar-refractivity contribution in [2.75, 3.05) is 5.73 Å². The maximum atomic E-state index is 10.5. The van der Waals surface area contributed by atoms with Gasteiger partial charge in [0, 0.05) is 11.8 Å². The first-order chi connectivity index (χ1) is 5.65. The number of rotatable bonds is 2. The number of hydrogen-bond donors (Lipinski definition) is 1. The monoisotopic (exact) mass is 164 g/mol. The summed E-state index contributed by atoms with van der Waals surface area (Å²) in [4.78, 5) is 10.1. The van der Waals surface area contributed by atoms with Crippen LogP contribution in [0, 0.1) is 10.1 Å². The molecule has 0 bridgehead atoms. The van der Waals surface area contributed by atoms with E-state index in [9.17, 15) is 10.1 Å². The lowest BCUT2D eigenvalue weighted by Gasteiger charge is -1.99. The molecule has 0 saturated carbocycles. The Morgan fingerprint density at radius 2 is 2.25 bits per heavy atom. The summed E-state index contributed by atoms with van der Waals surface area (Å²) < 4.78 is 0. The fraction of sp³-hybridized carbons (Fsp3) is 0.143. The lowest BCUT2D eigenvalue weighted by atomic mass is 9.72. The highest BCUT2D eigenvalue weighted by Crippen LogP contribution is 2.09. The zero-order valence-electron chi connectivity index (χ0n) is 6.78. The smallest absolute Gasteiger partial charge is 0.263 e. The first-order valence-corrected chi connectivity index (χ1v) is 3.68. The number of nitro groups is 1. The Morgan fingerprint density at radius 3 is 2.75 bits per heavy atom. The summed E-state index contributed by atoms with van der Waals surface area (Å²) in [5.41, 5.74) is 6.87. The lowest BCUT2D eigenvalue weighted by Crippen LogP contribution is -2.16. The molecule has 0 aliphatic rings. The van der Waals surface area contributed by atoms with Crippen LogP contribution in [0.4, 0.5) is 11.4 Å². The highest BCUT2D eigenvalue weighted by Gasteiger charge is 2.11. The predicted molar refractivity (Wildman–Crippen MR) is 50.2 cm³/mol. The molecule has 0 amide bonds. The van der Waals surface area contributed by atoms with Crippen molar-refractivity contribution in [1.29, 1.82) is 0 Å².